The van der Waals surface area contributed by atoms with Crippen molar-refractivity contribution >= 4 is 29.9 Å². The van der Waals surface area contributed by atoms with Gasteiger partial charge in [0.2, 0.25) is 0 Å². The molecule has 0 aromatic carbocycles. The molecule has 0 bridgehead atoms. The number of hydrogen-bond donors (Lipinski definition) is 3. The first kappa shape index (κ1) is 21.8. The van der Waals surface area contributed by atoms with E-state index in [0.29, 0.717) is 19.0 Å². The Hall–Kier alpha value is -0.250. The lowest BCUT2D eigenvalue weighted by atomic mass is 9.73. The van der Waals surface area contributed by atoms with Gasteiger partial charge in [-0.15, -0.1) is 24.0 Å². The van der Waals surface area contributed by atoms with Gasteiger partial charge in [-0.3, -0.25) is 4.99 Å². The molecular weight excluding hydrogens is 410 g/mol. The summed E-state index contributed by atoms with van der Waals surface area (Å²) in [5.74, 6) is 0.376. The second-order valence-electron chi connectivity index (χ2n) is 5.90. The van der Waals surface area contributed by atoms with Crippen molar-refractivity contribution in [3.8, 4) is 0 Å². The molecule has 2 atom stereocenters. The summed E-state index contributed by atoms with van der Waals surface area (Å²) in [5, 5.41) is 15.7. The number of guanidine groups is 1. The highest BCUT2D eigenvalue weighted by molar-refractivity contribution is 14.0. The standard InChI is InChI=1S/C14H26F3N3O.HI/c1-3-18-12(19-9-8-14(15,16)17)20-10-13(2)7-5-4-6-11(13)21;/h11,21H,3-10H2,1-2H3,(H2,18,19,20);1H. The van der Waals surface area contributed by atoms with Crippen molar-refractivity contribution in [2.45, 2.75) is 58.2 Å². The third-order valence-corrected chi connectivity index (χ3v) is 3.92. The molecule has 0 saturated heterocycles. The molecule has 8 heteroatoms. The van der Waals surface area contributed by atoms with Crippen molar-refractivity contribution in [2.75, 3.05) is 19.6 Å². The van der Waals surface area contributed by atoms with Crippen LogP contribution in [0.25, 0.3) is 0 Å². The number of aliphatic hydroxyl groups excluding tert-OH is 1. The molecule has 22 heavy (non-hydrogen) atoms. The number of alkyl halides is 3. The Morgan fingerprint density at radius 1 is 1.32 bits per heavy atom. The maximum Gasteiger partial charge on any atom is 0.390 e. The largest absolute Gasteiger partial charge is 0.392 e. The molecule has 2 unspecified atom stereocenters. The molecule has 1 aliphatic rings. The summed E-state index contributed by atoms with van der Waals surface area (Å²) in [6, 6.07) is 0. The lowest BCUT2D eigenvalue weighted by Gasteiger charge is -2.37. The molecule has 1 fully saturated rings. The highest BCUT2D eigenvalue weighted by Gasteiger charge is 2.35. The van der Waals surface area contributed by atoms with Crippen LogP contribution < -0.4 is 10.6 Å². The van der Waals surface area contributed by atoms with Gasteiger partial charge in [0, 0.05) is 18.5 Å². The predicted octanol–water partition coefficient (Wildman–Crippen LogP) is 3.05. The third-order valence-electron chi connectivity index (χ3n) is 3.92. The second-order valence-corrected chi connectivity index (χ2v) is 5.90. The zero-order chi connectivity index (χ0) is 15.9. The Labute approximate surface area is 147 Å². The number of halogens is 4. The second kappa shape index (κ2) is 9.79. The van der Waals surface area contributed by atoms with E-state index in [0.717, 1.165) is 25.7 Å². The Balaban J connectivity index is 0.00000441. The summed E-state index contributed by atoms with van der Waals surface area (Å²) in [7, 11) is 0. The lowest BCUT2D eigenvalue weighted by molar-refractivity contribution is -0.132. The van der Waals surface area contributed by atoms with Gasteiger partial charge in [0.15, 0.2) is 5.96 Å². The molecule has 0 amide bonds. The molecule has 1 saturated carbocycles. The van der Waals surface area contributed by atoms with Gasteiger partial charge in [-0.1, -0.05) is 19.8 Å². The minimum atomic E-state index is -4.17. The normalized spacial score (nSPS) is 26.3. The fourth-order valence-corrected chi connectivity index (χ4v) is 2.49. The van der Waals surface area contributed by atoms with E-state index >= 15 is 0 Å². The lowest BCUT2D eigenvalue weighted by Crippen LogP contribution is -2.42. The van der Waals surface area contributed by atoms with Crippen LogP contribution >= 0.6 is 24.0 Å². The first-order valence-electron chi connectivity index (χ1n) is 7.54. The highest BCUT2D eigenvalue weighted by Crippen LogP contribution is 2.36. The molecule has 1 rings (SSSR count). The summed E-state index contributed by atoms with van der Waals surface area (Å²) in [6.07, 6.45) is -1.73. The van der Waals surface area contributed by atoms with E-state index < -0.39 is 18.7 Å². The minimum Gasteiger partial charge on any atom is -0.392 e. The third kappa shape index (κ3) is 7.85. The van der Waals surface area contributed by atoms with Crippen molar-refractivity contribution in [1.82, 2.24) is 10.6 Å². The fourth-order valence-electron chi connectivity index (χ4n) is 2.49. The van der Waals surface area contributed by atoms with Crippen LogP contribution in [0.2, 0.25) is 0 Å². The number of hydrogen-bond acceptors (Lipinski definition) is 2. The maximum absolute atomic E-state index is 12.1. The summed E-state index contributed by atoms with van der Waals surface area (Å²) < 4.78 is 36.4. The summed E-state index contributed by atoms with van der Waals surface area (Å²) >= 11 is 0. The van der Waals surface area contributed by atoms with Gasteiger partial charge >= 0.3 is 6.18 Å². The van der Waals surface area contributed by atoms with E-state index in [2.05, 4.69) is 15.6 Å². The van der Waals surface area contributed by atoms with E-state index in [1.807, 2.05) is 13.8 Å². The van der Waals surface area contributed by atoms with Crippen LogP contribution in [0.5, 0.6) is 0 Å². The molecule has 0 heterocycles. The molecule has 0 aliphatic heterocycles. The molecule has 0 aromatic rings. The first-order valence-corrected chi connectivity index (χ1v) is 7.54. The number of aliphatic hydroxyl groups is 1. The van der Waals surface area contributed by atoms with Gasteiger partial charge in [-0.05, 0) is 19.8 Å². The van der Waals surface area contributed by atoms with Gasteiger partial charge in [0.25, 0.3) is 0 Å². The molecule has 0 spiro atoms. The average Bonchev–Trinajstić information content (AvgIpc) is 2.38. The fraction of sp³-hybridized carbons (Fsp3) is 0.929. The molecule has 4 nitrogen and oxygen atoms in total. The Morgan fingerprint density at radius 3 is 2.55 bits per heavy atom. The molecule has 0 radical (unpaired) electrons. The van der Waals surface area contributed by atoms with Crippen molar-refractivity contribution in [1.29, 1.82) is 0 Å². The number of rotatable bonds is 5. The van der Waals surface area contributed by atoms with E-state index in [-0.39, 0.29) is 35.9 Å². The van der Waals surface area contributed by atoms with Gasteiger partial charge in [0.1, 0.15) is 0 Å². The van der Waals surface area contributed by atoms with Crippen LogP contribution in [0.4, 0.5) is 13.2 Å². The number of aliphatic imine (C=N–C) groups is 1. The van der Waals surface area contributed by atoms with Gasteiger partial charge in [0.05, 0.1) is 19.1 Å². The van der Waals surface area contributed by atoms with Crippen LogP contribution in [0, 0.1) is 5.41 Å². The van der Waals surface area contributed by atoms with Gasteiger partial charge in [-0.2, -0.15) is 13.2 Å². The Morgan fingerprint density at radius 2 is 2.00 bits per heavy atom. The van der Waals surface area contributed by atoms with E-state index in [4.69, 9.17) is 0 Å². The van der Waals surface area contributed by atoms with Crippen LogP contribution in [0.15, 0.2) is 4.99 Å². The molecule has 1 aliphatic carbocycles. The monoisotopic (exact) mass is 437 g/mol. The topological polar surface area (TPSA) is 56.7 Å². The van der Waals surface area contributed by atoms with Crippen LogP contribution in [0.1, 0.15) is 46.0 Å². The van der Waals surface area contributed by atoms with E-state index in [1.54, 1.807) is 0 Å². The summed E-state index contributed by atoms with van der Waals surface area (Å²) in [4.78, 5) is 4.35. The van der Waals surface area contributed by atoms with Gasteiger partial charge in [-0.25, -0.2) is 0 Å². The highest BCUT2D eigenvalue weighted by atomic mass is 127. The molecular formula is C14H27F3IN3O. The van der Waals surface area contributed by atoms with Crippen molar-refractivity contribution < 1.29 is 18.3 Å². The molecule has 3 N–H and O–H groups in total. The number of nitrogens with zero attached hydrogens (tertiary/aromatic N) is 1. The minimum absolute atomic E-state index is 0. The summed E-state index contributed by atoms with van der Waals surface area (Å²) in [6.45, 7) is 4.64. The summed E-state index contributed by atoms with van der Waals surface area (Å²) in [5.41, 5.74) is -0.287. The Bertz CT molecular complexity index is 353. The van der Waals surface area contributed by atoms with Crippen LogP contribution in [0.3, 0.4) is 0 Å². The van der Waals surface area contributed by atoms with Crippen molar-refractivity contribution in [3.05, 3.63) is 0 Å². The number of nitrogens with one attached hydrogen (secondary N) is 2. The van der Waals surface area contributed by atoms with Crippen LogP contribution in [-0.2, 0) is 0 Å². The molecule has 132 valence electrons. The zero-order valence-corrected chi connectivity index (χ0v) is 15.5. The van der Waals surface area contributed by atoms with Crippen molar-refractivity contribution in [3.63, 3.8) is 0 Å². The first-order chi connectivity index (χ1) is 9.77. The van der Waals surface area contributed by atoms with Crippen LogP contribution in [-0.4, -0.2) is 43.0 Å². The maximum atomic E-state index is 12.1. The SMILES string of the molecule is CCNC(=NCC1(C)CCCCC1O)NCCC(F)(F)F.I. The Kier molecular flexibility index (Phi) is 9.68. The quantitative estimate of drug-likeness (QED) is 0.352. The van der Waals surface area contributed by atoms with E-state index in [1.165, 1.54) is 0 Å². The zero-order valence-electron chi connectivity index (χ0n) is 13.2. The molecule has 0 aromatic heterocycles. The average molecular weight is 437 g/mol. The predicted molar refractivity (Wildman–Crippen MR) is 92.7 cm³/mol. The smallest absolute Gasteiger partial charge is 0.390 e. The van der Waals surface area contributed by atoms with Crippen molar-refractivity contribution in [2.24, 2.45) is 10.4 Å². The van der Waals surface area contributed by atoms with E-state index in [9.17, 15) is 18.3 Å². The van der Waals surface area contributed by atoms with Gasteiger partial charge < -0.3 is 15.7 Å².